The van der Waals surface area contributed by atoms with Crippen LogP contribution in [-0.4, -0.2) is 37.2 Å². The smallest absolute Gasteiger partial charge is 0.229 e. The summed E-state index contributed by atoms with van der Waals surface area (Å²) in [7, 11) is -3.80. The number of hydrogen-bond donors (Lipinski definition) is 1. The Morgan fingerprint density at radius 2 is 1.86 bits per heavy atom. The van der Waals surface area contributed by atoms with Gasteiger partial charge < -0.3 is 10.2 Å². The molecular weight excluding hydrogens is 420 g/mol. The minimum absolute atomic E-state index is 0.0326. The van der Waals surface area contributed by atoms with Crippen LogP contribution < -0.4 is 5.32 Å². The molecule has 1 atom stereocenters. The van der Waals surface area contributed by atoms with Crippen molar-refractivity contribution in [3.63, 3.8) is 0 Å². The van der Waals surface area contributed by atoms with Crippen LogP contribution in [0.25, 0.3) is 0 Å². The average molecular weight is 441 g/mol. The summed E-state index contributed by atoms with van der Waals surface area (Å²) >= 11 is 7.02. The SMILES string of the molecule is CC(C)(C)N1CC(C(=O)Nc2cscc2S(=O)(=O)c2ccc(Cl)cc2)CC1=O. The van der Waals surface area contributed by atoms with Crippen molar-refractivity contribution in [2.45, 2.75) is 42.5 Å². The Kier molecular flexibility index (Phi) is 5.58. The number of anilines is 1. The van der Waals surface area contributed by atoms with Crippen LogP contribution >= 0.6 is 22.9 Å². The Morgan fingerprint density at radius 1 is 1.21 bits per heavy atom. The van der Waals surface area contributed by atoms with Gasteiger partial charge in [0.1, 0.15) is 4.90 Å². The minimum Gasteiger partial charge on any atom is -0.337 e. The molecule has 0 bridgehead atoms. The molecule has 0 aliphatic carbocycles. The Hall–Kier alpha value is -1.90. The number of thiophene rings is 1. The van der Waals surface area contributed by atoms with Gasteiger partial charge >= 0.3 is 0 Å². The number of sulfone groups is 1. The Morgan fingerprint density at radius 3 is 2.43 bits per heavy atom. The summed E-state index contributed by atoms with van der Waals surface area (Å²) in [5.41, 5.74) is -0.135. The normalized spacial score (nSPS) is 17.8. The van der Waals surface area contributed by atoms with Gasteiger partial charge in [-0.1, -0.05) is 11.6 Å². The van der Waals surface area contributed by atoms with Crippen molar-refractivity contribution in [2.24, 2.45) is 5.92 Å². The molecule has 0 radical (unpaired) electrons. The van der Waals surface area contributed by atoms with Gasteiger partial charge in [-0.3, -0.25) is 9.59 Å². The van der Waals surface area contributed by atoms with E-state index in [1.165, 1.54) is 41.0 Å². The van der Waals surface area contributed by atoms with Gasteiger partial charge in [0.25, 0.3) is 0 Å². The van der Waals surface area contributed by atoms with Crippen LogP contribution in [0.2, 0.25) is 5.02 Å². The summed E-state index contributed by atoms with van der Waals surface area (Å²) < 4.78 is 25.8. The van der Waals surface area contributed by atoms with Crippen molar-refractivity contribution in [1.29, 1.82) is 0 Å². The molecule has 2 aromatic rings. The van der Waals surface area contributed by atoms with Gasteiger partial charge in [-0.15, -0.1) is 11.3 Å². The van der Waals surface area contributed by atoms with E-state index < -0.39 is 15.8 Å². The van der Waals surface area contributed by atoms with Crippen LogP contribution in [0.3, 0.4) is 0 Å². The third-order valence-corrected chi connectivity index (χ3v) is 7.56. The fourth-order valence-corrected chi connectivity index (χ4v) is 5.75. The lowest BCUT2D eigenvalue weighted by Crippen LogP contribution is -2.42. The van der Waals surface area contributed by atoms with Crippen LogP contribution in [0.1, 0.15) is 27.2 Å². The van der Waals surface area contributed by atoms with Crippen molar-refractivity contribution >= 4 is 50.3 Å². The van der Waals surface area contributed by atoms with Crippen molar-refractivity contribution < 1.29 is 18.0 Å². The Balaban J connectivity index is 1.80. The molecule has 1 fully saturated rings. The molecule has 150 valence electrons. The molecule has 0 spiro atoms. The second-order valence-corrected chi connectivity index (χ2v) is 10.8. The predicted octanol–water partition coefficient (Wildman–Crippen LogP) is 3.82. The number of nitrogens with zero attached hydrogens (tertiary/aromatic N) is 1. The van der Waals surface area contributed by atoms with E-state index in [9.17, 15) is 18.0 Å². The molecule has 1 aliphatic heterocycles. The largest absolute Gasteiger partial charge is 0.337 e. The van der Waals surface area contributed by atoms with Crippen molar-refractivity contribution in [3.8, 4) is 0 Å². The van der Waals surface area contributed by atoms with Gasteiger partial charge in [-0.05, 0) is 45.0 Å². The molecule has 1 aromatic carbocycles. The van der Waals surface area contributed by atoms with Crippen LogP contribution in [-0.2, 0) is 19.4 Å². The minimum atomic E-state index is -3.80. The van der Waals surface area contributed by atoms with E-state index in [0.717, 1.165) is 0 Å². The second kappa shape index (κ2) is 7.50. The highest BCUT2D eigenvalue weighted by Crippen LogP contribution is 2.33. The maximum absolute atomic E-state index is 12.9. The summed E-state index contributed by atoms with van der Waals surface area (Å²) in [5.74, 6) is -0.948. The molecule has 1 aromatic heterocycles. The highest BCUT2D eigenvalue weighted by atomic mass is 35.5. The quantitative estimate of drug-likeness (QED) is 0.783. The number of amides is 2. The Labute approximate surface area is 173 Å². The number of carbonyl (C=O) groups is 2. The number of benzene rings is 1. The number of likely N-dealkylation sites (tertiary alicyclic amines) is 1. The first-order valence-corrected chi connectivity index (χ1v) is 11.5. The fourth-order valence-electron chi connectivity index (χ4n) is 3.09. The van der Waals surface area contributed by atoms with Crippen LogP contribution in [0.5, 0.6) is 0 Å². The molecule has 1 unspecified atom stereocenters. The van der Waals surface area contributed by atoms with E-state index in [4.69, 9.17) is 11.6 Å². The second-order valence-electron chi connectivity index (χ2n) is 7.67. The third kappa shape index (κ3) is 4.09. The number of nitrogens with one attached hydrogen (secondary N) is 1. The molecular formula is C19H21ClN2O4S2. The molecule has 3 rings (SSSR count). The summed E-state index contributed by atoms with van der Waals surface area (Å²) in [6.45, 7) is 6.07. The highest BCUT2D eigenvalue weighted by Gasteiger charge is 2.39. The zero-order chi connectivity index (χ0) is 20.7. The number of carbonyl (C=O) groups excluding carboxylic acids is 2. The van der Waals surface area contributed by atoms with Crippen LogP contribution in [0.15, 0.2) is 44.8 Å². The lowest BCUT2D eigenvalue weighted by molar-refractivity contribution is -0.131. The van der Waals surface area contributed by atoms with Crippen LogP contribution in [0.4, 0.5) is 5.69 Å². The molecule has 6 nitrogen and oxygen atoms in total. The molecule has 1 aliphatic rings. The standard InChI is InChI=1S/C19H21ClN2O4S2/c1-19(2,3)22-9-12(8-17(22)23)18(24)21-15-10-27-11-16(15)28(25,26)14-6-4-13(20)5-7-14/h4-7,10-12H,8-9H2,1-3H3,(H,21,24). The van der Waals surface area contributed by atoms with E-state index in [1.54, 1.807) is 10.3 Å². The lowest BCUT2D eigenvalue weighted by Gasteiger charge is -2.31. The van der Waals surface area contributed by atoms with Gasteiger partial charge in [0.2, 0.25) is 21.7 Å². The molecule has 0 saturated carbocycles. The molecule has 28 heavy (non-hydrogen) atoms. The van der Waals surface area contributed by atoms with Gasteiger partial charge in [0.15, 0.2) is 0 Å². The van der Waals surface area contributed by atoms with E-state index in [1.807, 2.05) is 20.8 Å². The van der Waals surface area contributed by atoms with Gasteiger partial charge in [0, 0.05) is 34.3 Å². The first kappa shape index (κ1) is 20.8. The highest BCUT2D eigenvalue weighted by molar-refractivity contribution is 7.91. The third-order valence-electron chi connectivity index (χ3n) is 4.60. The maximum atomic E-state index is 12.9. The maximum Gasteiger partial charge on any atom is 0.229 e. The summed E-state index contributed by atoms with van der Waals surface area (Å²) in [6, 6.07) is 5.87. The van der Waals surface area contributed by atoms with E-state index in [0.29, 0.717) is 11.6 Å². The van der Waals surface area contributed by atoms with E-state index >= 15 is 0 Å². The summed E-state index contributed by atoms with van der Waals surface area (Å²) in [5, 5.41) is 6.21. The van der Waals surface area contributed by atoms with Crippen LogP contribution in [0, 0.1) is 5.92 Å². The zero-order valence-corrected chi connectivity index (χ0v) is 18.1. The molecule has 1 N–H and O–H groups in total. The molecule has 2 amide bonds. The van der Waals surface area contributed by atoms with Crippen molar-refractivity contribution in [1.82, 2.24) is 4.90 Å². The van der Waals surface area contributed by atoms with E-state index in [-0.39, 0.29) is 39.3 Å². The zero-order valence-electron chi connectivity index (χ0n) is 15.7. The monoisotopic (exact) mass is 440 g/mol. The molecule has 9 heteroatoms. The summed E-state index contributed by atoms with van der Waals surface area (Å²) in [6.07, 6.45) is 0.118. The first-order chi connectivity index (χ1) is 13.0. The molecule has 1 saturated heterocycles. The number of rotatable bonds is 4. The predicted molar refractivity (Wildman–Crippen MR) is 109 cm³/mol. The van der Waals surface area contributed by atoms with Gasteiger partial charge in [0.05, 0.1) is 16.5 Å². The topological polar surface area (TPSA) is 83.6 Å². The van der Waals surface area contributed by atoms with Gasteiger partial charge in [-0.2, -0.15) is 0 Å². The lowest BCUT2D eigenvalue weighted by atomic mass is 10.1. The van der Waals surface area contributed by atoms with E-state index in [2.05, 4.69) is 5.32 Å². The van der Waals surface area contributed by atoms with Crippen molar-refractivity contribution in [3.05, 3.63) is 40.0 Å². The average Bonchev–Trinajstić information content (AvgIpc) is 3.21. The summed E-state index contributed by atoms with van der Waals surface area (Å²) in [4.78, 5) is 26.7. The molecule has 2 heterocycles. The first-order valence-electron chi connectivity index (χ1n) is 8.68. The fraction of sp³-hybridized carbons (Fsp3) is 0.368. The number of hydrogen-bond acceptors (Lipinski definition) is 5. The number of halogens is 1. The Bertz CT molecular complexity index is 1010. The van der Waals surface area contributed by atoms with Gasteiger partial charge in [-0.25, -0.2) is 8.42 Å². The van der Waals surface area contributed by atoms with Crippen molar-refractivity contribution in [2.75, 3.05) is 11.9 Å².